The van der Waals surface area contributed by atoms with E-state index in [2.05, 4.69) is 15.6 Å². The lowest BCUT2D eigenvalue weighted by molar-refractivity contribution is 0.0988. The van der Waals surface area contributed by atoms with E-state index in [1.165, 1.54) is 0 Å². The van der Waals surface area contributed by atoms with Crippen LogP contribution in [0.25, 0.3) is 22.2 Å². The molecule has 1 amide bonds. The molecular weight excluding hydrogens is 368 g/mol. The van der Waals surface area contributed by atoms with Gasteiger partial charge in [-0.25, -0.2) is 0 Å². The zero-order chi connectivity index (χ0) is 19.1. The molecule has 0 saturated carbocycles. The van der Waals surface area contributed by atoms with Crippen molar-refractivity contribution in [2.24, 2.45) is 0 Å². The number of aryl methyl sites for hydroxylation is 2. The number of rotatable bonds is 4. The molecule has 0 bridgehead atoms. The Bertz CT molecular complexity index is 1160. The van der Waals surface area contributed by atoms with Gasteiger partial charge in [0.05, 0.1) is 11.2 Å². The van der Waals surface area contributed by atoms with Gasteiger partial charge in [0.25, 0.3) is 5.91 Å². The van der Waals surface area contributed by atoms with Crippen LogP contribution in [0.3, 0.4) is 0 Å². The van der Waals surface area contributed by atoms with Crippen LogP contribution in [0.1, 0.15) is 28.9 Å². The van der Waals surface area contributed by atoms with Gasteiger partial charge < -0.3 is 14.3 Å². The number of hydrogen-bond acceptors (Lipinski definition) is 5. The van der Waals surface area contributed by atoms with Crippen LogP contribution in [0.5, 0.6) is 0 Å². The van der Waals surface area contributed by atoms with E-state index < -0.39 is 5.91 Å². The SMILES string of the molecule is CCn1ncc(-c2cc(C(=O)Nc3cc(Cl)c4oc(C)cc4c3)on2)c1C. The fraction of sp³-hybridized carbons (Fsp3) is 0.211. The molecule has 0 aliphatic carbocycles. The third-order valence-electron chi connectivity index (χ3n) is 4.36. The molecule has 27 heavy (non-hydrogen) atoms. The molecule has 3 heterocycles. The van der Waals surface area contributed by atoms with E-state index in [9.17, 15) is 4.79 Å². The summed E-state index contributed by atoms with van der Waals surface area (Å²) in [4.78, 5) is 12.5. The van der Waals surface area contributed by atoms with Crippen molar-refractivity contribution in [2.75, 3.05) is 5.32 Å². The summed E-state index contributed by atoms with van der Waals surface area (Å²) in [6, 6.07) is 6.89. The van der Waals surface area contributed by atoms with Gasteiger partial charge in [0.15, 0.2) is 5.58 Å². The number of furan rings is 1. The van der Waals surface area contributed by atoms with E-state index >= 15 is 0 Å². The fourth-order valence-corrected chi connectivity index (χ4v) is 3.30. The van der Waals surface area contributed by atoms with Crippen LogP contribution < -0.4 is 5.32 Å². The predicted octanol–water partition coefficient (Wildman–Crippen LogP) is 4.83. The van der Waals surface area contributed by atoms with Gasteiger partial charge in [-0.3, -0.25) is 9.48 Å². The molecule has 0 spiro atoms. The number of aromatic nitrogens is 3. The molecule has 4 aromatic rings. The first-order valence-corrected chi connectivity index (χ1v) is 8.84. The summed E-state index contributed by atoms with van der Waals surface area (Å²) in [5.74, 6) is 0.441. The van der Waals surface area contributed by atoms with Gasteiger partial charge in [0, 0.05) is 34.9 Å². The molecule has 0 fully saturated rings. The lowest BCUT2D eigenvalue weighted by atomic mass is 10.2. The average molecular weight is 385 g/mol. The number of fused-ring (bicyclic) bond motifs is 1. The van der Waals surface area contributed by atoms with Gasteiger partial charge in [0.2, 0.25) is 5.76 Å². The molecule has 0 saturated heterocycles. The monoisotopic (exact) mass is 384 g/mol. The Balaban J connectivity index is 1.59. The normalized spacial score (nSPS) is 11.3. The maximum absolute atomic E-state index is 12.5. The van der Waals surface area contributed by atoms with Crippen molar-refractivity contribution in [3.8, 4) is 11.3 Å². The molecule has 0 aliphatic heterocycles. The van der Waals surface area contributed by atoms with Crippen molar-refractivity contribution in [3.63, 3.8) is 0 Å². The van der Waals surface area contributed by atoms with Gasteiger partial charge in [-0.2, -0.15) is 5.10 Å². The number of amides is 1. The van der Waals surface area contributed by atoms with Crippen LogP contribution in [-0.2, 0) is 6.54 Å². The number of halogens is 1. The predicted molar refractivity (Wildman–Crippen MR) is 102 cm³/mol. The van der Waals surface area contributed by atoms with E-state index in [1.807, 2.05) is 31.5 Å². The summed E-state index contributed by atoms with van der Waals surface area (Å²) < 4.78 is 12.6. The van der Waals surface area contributed by atoms with Crippen molar-refractivity contribution < 1.29 is 13.7 Å². The summed E-state index contributed by atoms with van der Waals surface area (Å²) in [5, 5.41) is 12.3. The molecule has 3 aromatic heterocycles. The fourth-order valence-electron chi connectivity index (χ4n) is 3.03. The van der Waals surface area contributed by atoms with Gasteiger partial charge >= 0.3 is 0 Å². The maximum Gasteiger partial charge on any atom is 0.294 e. The van der Waals surface area contributed by atoms with Gasteiger partial charge in [-0.1, -0.05) is 16.8 Å². The molecule has 138 valence electrons. The van der Waals surface area contributed by atoms with Gasteiger partial charge in [-0.05, 0) is 39.0 Å². The third-order valence-corrected chi connectivity index (χ3v) is 4.65. The largest absolute Gasteiger partial charge is 0.460 e. The standard InChI is InChI=1S/C19H17ClN4O3/c1-4-24-11(3)14(9-21-24)16-8-17(27-23-16)19(25)22-13-6-12-5-10(2)26-18(12)15(20)7-13/h5-9H,4H2,1-3H3,(H,22,25). The number of anilines is 1. The number of benzene rings is 1. The Hall–Kier alpha value is -3.06. The highest BCUT2D eigenvalue weighted by molar-refractivity contribution is 6.35. The first-order chi connectivity index (χ1) is 13.0. The number of nitrogens with one attached hydrogen (secondary N) is 1. The van der Waals surface area contributed by atoms with Crippen molar-refractivity contribution in [3.05, 3.63) is 52.7 Å². The lowest BCUT2D eigenvalue weighted by Crippen LogP contribution is -2.10. The number of carbonyl (C=O) groups is 1. The number of carbonyl (C=O) groups excluding carboxylic acids is 1. The Morgan fingerprint density at radius 3 is 2.81 bits per heavy atom. The van der Waals surface area contributed by atoms with E-state index in [0.717, 1.165) is 28.9 Å². The molecule has 7 nitrogen and oxygen atoms in total. The average Bonchev–Trinajstić information content (AvgIpc) is 3.32. The molecule has 1 aromatic carbocycles. The lowest BCUT2D eigenvalue weighted by Gasteiger charge is -2.03. The Kier molecular flexibility index (Phi) is 4.24. The van der Waals surface area contributed by atoms with E-state index in [1.54, 1.807) is 24.4 Å². The van der Waals surface area contributed by atoms with Crippen LogP contribution >= 0.6 is 11.6 Å². The van der Waals surface area contributed by atoms with Crippen LogP contribution in [0.2, 0.25) is 5.02 Å². The molecule has 0 radical (unpaired) electrons. The quantitative estimate of drug-likeness (QED) is 0.544. The highest BCUT2D eigenvalue weighted by Crippen LogP contribution is 2.31. The Morgan fingerprint density at radius 1 is 1.26 bits per heavy atom. The zero-order valence-electron chi connectivity index (χ0n) is 15.0. The van der Waals surface area contributed by atoms with Crippen molar-refractivity contribution in [2.45, 2.75) is 27.3 Å². The highest BCUT2D eigenvalue weighted by atomic mass is 35.5. The van der Waals surface area contributed by atoms with E-state index in [0.29, 0.717) is 22.0 Å². The maximum atomic E-state index is 12.5. The third kappa shape index (κ3) is 3.10. The molecule has 0 aliphatic rings. The minimum Gasteiger partial charge on any atom is -0.460 e. The summed E-state index contributed by atoms with van der Waals surface area (Å²) >= 11 is 6.23. The molecule has 4 rings (SSSR count). The molecular formula is C19H17ClN4O3. The minimum atomic E-state index is -0.412. The van der Waals surface area contributed by atoms with E-state index in [-0.39, 0.29) is 5.76 Å². The number of nitrogens with zero attached hydrogens (tertiary/aromatic N) is 3. The second kappa shape index (κ2) is 6.59. The van der Waals surface area contributed by atoms with Crippen LogP contribution in [0, 0.1) is 13.8 Å². The second-order valence-corrected chi connectivity index (χ2v) is 6.63. The van der Waals surface area contributed by atoms with Crippen molar-refractivity contribution >= 4 is 34.2 Å². The van der Waals surface area contributed by atoms with Crippen LogP contribution in [0.15, 0.2) is 39.4 Å². The highest BCUT2D eigenvalue weighted by Gasteiger charge is 2.18. The summed E-state index contributed by atoms with van der Waals surface area (Å²) in [6.45, 7) is 6.56. The van der Waals surface area contributed by atoms with Gasteiger partial charge in [-0.15, -0.1) is 0 Å². The molecule has 8 heteroatoms. The summed E-state index contributed by atoms with van der Waals surface area (Å²) in [7, 11) is 0. The van der Waals surface area contributed by atoms with Gasteiger partial charge in [0.1, 0.15) is 11.5 Å². The van der Waals surface area contributed by atoms with E-state index in [4.69, 9.17) is 20.5 Å². The molecule has 0 unspecified atom stereocenters. The van der Waals surface area contributed by atoms with Crippen LogP contribution in [-0.4, -0.2) is 20.8 Å². The Morgan fingerprint density at radius 2 is 2.07 bits per heavy atom. The van der Waals surface area contributed by atoms with Crippen molar-refractivity contribution in [1.29, 1.82) is 0 Å². The topological polar surface area (TPSA) is 86.1 Å². The number of hydrogen-bond donors (Lipinski definition) is 1. The summed E-state index contributed by atoms with van der Waals surface area (Å²) in [5.41, 5.74) is 3.50. The van der Waals surface area contributed by atoms with Crippen molar-refractivity contribution in [1.82, 2.24) is 14.9 Å². The Labute approximate surface area is 159 Å². The first-order valence-electron chi connectivity index (χ1n) is 8.46. The first kappa shape index (κ1) is 17.4. The summed E-state index contributed by atoms with van der Waals surface area (Å²) in [6.07, 6.45) is 1.72. The smallest absolute Gasteiger partial charge is 0.294 e. The zero-order valence-corrected chi connectivity index (χ0v) is 15.8. The van der Waals surface area contributed by atoms with Crippen LogP contribution in [0.4, 0.5) is 5.69 Å². The molecule has 0 atom stereocenters. The minimum absolute atomic E-state index is 0.105. The molecule has 1 N–H and O–H groups in total. The second-order valence-electron chi connectivity index (χ2n) is 6.22.